The van der Waals surface area contributed by atoms with Gasteiger partial charge in [-0.05, 0) is 62.9 Å². The molecule has 0 aliphatic carbocycles. The zero-order chi connectivity index (χ0) is 26.6. The van der Waals surface area contributed by atoms with Gasteiger partial charge in [0.25, 0.3) is 0 Å². The topological polar surface area (TPSA) is 83.8 Å². The molecule has 2 atom stereocenters. The summed E-state index contributed by atoms with van der Waals surface area (Å²) in [5.74, 6) is 0.410. The van der Waals surface area contributed by atoms with Crippen LogP contribution in [0.25, 0.3) is 22.2 Å². The molecule has 2 saturated heterocycles. The third kappa shape index (κ3) is 4.31. The third-order valence-electron chi connectivity index (χ3n) is 7.96. The number of hydrogen-bond donors (Lipinski definition) is 2. The van der Waals surface area contributed by atoms with Crippen molar-refractivity contribution in [2.24, 2.45) is 5.41 Å². The fraction of sp³-hybridized carbons (Fsp3) is 0.429. The predicted molar refractivity (Wildman–Crippen MR) is 143 cm³/mol. The molecule has 0 amide bonds. The van der Waals surface area contributed by atoms with Gasteiger partial charge in [-0.2, -0.15) is 0 Å². The van der Waals surface area contributed by atoms with Crippen LogP contribution in [0.3, 0.4) is 0 Å². The SMILES string of the molecule is Cc1nc2c(F)cc(-c3cc(Nc4ncc(CN5C[C@@]6(C)CCNCC56)cn4)ncc3F)cc2n1C(C)C. The number of fused-ring (bicyclic) bond motifs is 2. The molecule has 1 aromatic carbocycles. The Labute approximate surface area is 220 Å². The molecule has 1 unspecified atom stereocenters. The molecule has 0 radical (unpaired) electrons. The second kappa shape index (κ2) is 9.36. The van der Waals surface area contributed by atoms with Crippen molar-refractivity contribution in [3.8, 4) is 11.1 Å². The molecular weight excluding hydrogens is 486 g/mol. The van der Waals surface area contributed by atoms with Crippen LogP contribution in [0.4, 0.5) is 20.5 Å². The van der Waals surface area contributed by atoms with E-state index in [2.05, 4.69) is 42.4 Å². The highest BCUT2D eigenvalue weighted by Gasteiger charge is 2.49. The first-order valence-electron chi connectivity index (χ1n) is 13.1. The Balaban J connectivity index is 1.21. The number of halogens is 2. The Morgan fingerprint density at radius 3 is 2.63 bits per heavy atom. The van der Waals surface area contributed by atoms with E-state index >= 15 is 0 Å². The number of nitrogens with one attached hydrogen (secondary N) is 2. The Kier molecular flexibility index (Phi) is 6.11. The van der Waals surface area contributed by atoms with Crippen LogP contribution in [-0.2, 0) is 6.54 Å². The molecule has 2 aliphatic heterocycles. The summed E-state index contributed by atoms with van der Waals surface area (Å²) in [6.45, 7) is 12.2. The first-order valence-corrected chi connectivity index (χ1v) is 13.1. The van der Waals surface area contributed by atoms with E-state index in [1.165, 1.54) is 12.5 Å². The molecular formula is C28H32F2N8. The van der Waals surface area contributed by atoms with Gasteiger partial charge in [0.2, 0.25) is 5.95 Å². The summed E-state index contributed by atoms with van der Waals surface area (Å²) in [6.07, 6.45) is 5.95. The highest BCUT2D eigenvalue weighted by Crippen LogP contribution is 2.42. The van der Waals surface area contributed by atoms with Gasteiger partial charge in [-0.25, -0.2) is 28.7 Å². The third-order valence-corrected chi connectivity index (χ3v) is 7.96. The lowest BCUT2D eigenvalue weighted by Crippen LogP contribution is -2.69. The van der Waals surface area contributed by atoms with Gasteiger partial charge in [-0.1, -0.05) is 6.92 Å². The zero-order valence-corrected chi connectivity index (χ0v) is 22.1. The van der Waals surface area contributed by atoms with E-state index in [-0.39, 0.29) is 17.1 Å². The minimum atomic E-state index is -0.545. The van der Waals surface area contributed by atoms with Gasteiger partial charge in [-0.3, -0.25) is 4.90 Å². The van der Waals surface area contributed by atoms with Crippen molar-refractivity contribution < 1.29 is 8.78 Å². The number of rotatable bonds is 6. The van der Waals surface area contributed by atoms with Gasteiger partial charge < -0.3 is 15.2 Å². The predicted octanol–water partition coefficient (Wildman–Crippen LogP) is 4.98. The Morgan fingerprint density at radius 1 is 1.11 bits per heavy atom. The minimum Gasteiger partial charge on any atom is -0.326 e. The number of imidazole rings is 1. The largest absolute Gasteiger partial charge is 0.326 e. The first-order chi connectivity index (χ1) is 18.2. The average Bonchev–Trinajstić information content (AvgIpc) is 3.22. The lowest BCUT2D eigenvalue weighted by Gasteiger charge is -2.58. The molecule has 0 spiro atoms. The van der Waals surface area contributed by atoms with Crippen molar-refractivity contribution in [1.29, 1.82) is 0 Å². The summed E-state index contributed by atoms with van der Waals surface area (Å²) in [5.41, 5.74) is 3.00. The molecule has 10 heteroatoms. The fourth-order valence-electron chi connectivity index (χ4n) is 6.06. The van der Waals surface area contributed by atoms with Gasteiger partial charge in [0.05, 0.1) is 11.7 Å². The van der Waals surface area contributed by atoms with Gasteiger partial charge in [0, 0.05) is 55.2 Å². The molecule has 198 valence electrons. The van der Waals surface area contributed by atoms with Crippen molar-refractivity contribution in [2.75, 3.05) is 25.0 Å². The lowest BCUT2D eigenvalue weighted by atomic mass is 9.69. The van der Waals surface area contributed by atoms with Crippen LogP contribution in [0.1, 0.15) is 44.6 Å². The molecule has 6 rings (SSSR count). The number of anilines is 2. The molecule has 38 heavy (non-hydrogen) atoms. The number of benzene rings is 1. The summed E-state index contributed by atoms with van der Waals surface area (Å²) in [7, 11) is 0. The van der Waals surface area contributed by atoms with Crippen molar-refractivity contribution in [2.45, 2.75) is 52.7 Å². The van der Waals surface area contributed by atoms with E-state index in [9.17, 15) is 8.78 Å². The maximum absolute atomic E-state index is 15.0. The molecule has 8 nitrogen and oxygen atoms in total. The summed E-state index contributed by atoms with van der Waals surface area (Å²) < 4.78 is 31.8. The number of nitrogens with zero attached hydrogens (tertiary/aromatic N) is 6. The van der Waals surface area contributed by atoms with Crippen molar-refractivity contribution >= 4 is 22.8 Å². The van der Waals surface area contributed by atoms with E-state index in [1.54, 1.807) is 12.1 Å². The average molecular weight is 519 g/mol. The van der Waals surface area contributed by atoms with E-state index < -0.39 is 11.6 Å². The van der Waals surface area contributed by atoms with Gasteiger partial charge in [0.1, 0.15) is 23.0 Å². The van der Waals surface area contributed by atoms with E-state index in [0.29, 0.717) is 40.1 Å². The van der Waals surface area contributed by atoms with Crippen LogP contribution in [0.15, 0.2) is 36.8 Å². The van der Waals surface area contributed by atoms with Gasteiger partial charge in [0.15, 0.2) is 5.82 Å². The normalized spacial score (nSPS) is 21.5. The smallest absolute Gasteiger partial charge is 0.228 e. The van der Waals surface area contributed by atoms with Crippen LogP contribution >= 0.6 is 0 Å². The monoisotopic (exact) mass is 518 g/mol. The Hall–Kier alpha value is -3.50. The fourth-order valence-corrected chi connectivity index (χ4v) is 6.06. The lowest BCUT2D eigenvalue weighted by molar-refractivity contribution is -0.0862. The van der Waals surface area contributed by atoms with Crippen molar-refractivity contribution in [1.82, 2.24) is 34.7 Å². The number of aromatic nitrogens is 5. The molecule has 5 heterocycles. The standard InChI is InChI=1S/C28H32F2N8/c1-16(2)38-17(3)35-26-21(29)7-19(8-23(26)38)20-9-25(32-12-22(20)30)36-27-33-10-18(11-34-27)14-37-15-28(4)5-6-31-13-24(28)37/h7-12,16,24,31H,5-6,13-15H2,1-4H3,(H,32,33,34,36)/t24?,28-/m1/s1. The molecule has 0 saturated carbocycles. The van der Waals surface area contributed by atoms with E-state index in [1.807, 2.05) is 37.7 Å². The summed E-state index contributed by atoms with van der Waals surface area (Å²) in [4.78, 5) is 19.9. The number of likely N-dealkylation sites (tertiary alicyclic amines) is 1. The van der Waals surface area contributed by atoms with Crippen molar-refractivity contribution in [3.05, 3.63) is 59.8 Å². The van der Waals surface area contributed by atoms with Crippen LogP contribution in [0.5, 0.6) is 0 Å². The maximum atomic E-state index is 15.0. The molecule has 3 aromatic heterocycles. The highest BCUT2D eigenvalue weighted by atomic mass is 19.1. The molecule has 2 aliphatic rings. The molecule has 2 N–H and O–H groups in total. The van der Waals surface area contributed by atoms with Crippen LogP contribution < -0.4 is 10.6 Å². The van der Waals surface area contributed by atoms with Gasteiger partial charge >= 0.3 is 0 Å². The second-order valence-corrected chi connectivity index (χ2v) is 11.1. The Bertz CT molecular complexity index is 1500. The van der Waals surface area contributed by atoms with E-state index in [0.717, 1.165) is 37.9 Å². The summed E-state index contributed by atoms with van der Waals surface area (Å²) >= 11 is 0. The Morgan fingerprint density at radius 2 is 1.89 bits per heavy atom. The maximum Gasteiger partial charge on any atom is 0.228 e. The molecule has 2 fully saturated rings. The number of pyridine rings is 1. The summed E-state index contributed by atoms with van der Waals surface area (Å²) in [6, 6.07) is 5.26. The number of piperidine rings is 1. The van der Waals surface area contributed by atoms with Crippen molar-refractivity contribution in [3.63, 3.8) is 0 Å². The van der Waals surface area contributed by atoms with Gasteiger partial charge in [-0.15, -0.1) is 0 Å². The highest BCUT2D eigenvalue weighted by molar-refractivity contribution is 5.84. The molecule has 4 aromatic rings. The first kappa shape index (κ1) is 24.8. The van der Waals surface area contributed by atoms with Crippen LogP contribution in [-0.4, -0.2) is 55.1 Å². The van der Waals surface area contributed by atoms with Crippen LogP contribution in [0, 0.1) is 24.0 Å². The second-order valence-electron chi connectivity index (χ2n) is 11.1. The number of hydrogen-bond acceptors (Lipinski definition) is 7. The quantitative estimate of drug-likeness (QED) is 0.372. The zero-order valence-electron chi connectivity index (χ0n) is 22.1. The molecule has 0 bridgehead atoms. The van der Waals surface area contributed by atoms with Crippen LogP contribution in [0.2, 0.25) is 0 Å². The van der Waals surface area contributed by atoms with E-state index in [4.69, 9.17) is 0 Å². The minimum absolute atomic E-state index is 0.0826. The number of aryl methyl sites for hydroxylation is 1. The summed E-state index contributed by atoms with van der Waals surface area (Å²) in [5, 5.41) is 6.54.